The first-order chi connectivity index (χ1) is 54.7. The molecule has 4 saturated carbocycles. The summed E-state index contributed by atoms with van der Waals surface area (Å²) < 4.78 is 0. The van der Waals surface area contributed by atoms with E-state index in [0.29, 0.717) is 38.4 Å². The van der Waals surface area contributed by atoms with Crippen molar-refractivity contribution in [3.05, 3.63) is 249 Å². The largest absolute Gasteiger partial charge is 0.412 e. The molecule has 8 heteroatoms. The van der Waals surface area contributed by atoms with E-state index in [0.717, 1.165) is 30.1 Å². The summed E-state index contributed by atoms with van der Waals surface area (Å²) in [5.41, 5.74) is 32.5. The first kappa shape index (κ1) is 113. The van der Waals surface area contributed by atoms with Crippen molar-refractivity contribution in [1.29, 1.82) is 0 Å². The Balaban J connectivity index is 0.000000408. The third-order valence-corrected chi connectivity index (χ3v) is 44.9. The summed E-state index contributed by atoms with van der Waals surface area (Å²) in [5.74, 6) is 3.72. The molecule has 11 aliphatic rings. The van der Waals surface area contributed by atoms with Gasteiger partial charge in [0.1, 0.15) is 0 Å². The molecule has 5 atom stereocenters. The van der Waals surface area contributed by atoms with E-state index in [1.54, 1.807) is 66.8 Å². The maximum Gasteiger partial charge on any atom is 0.0753 e. The Morgan fingerprint density at radius 1 is 0.387 bits per heavy atom. The Kier molecular flexibility index (Phi) is 45.1. The number of fused-ring (bicyclic) bond motifs is 6. The molecule has 1 radical (unpaired) electrons. The van der Waals surface area contributed by atoms with E-state index in [-0.39, 0.29) is 69.8 Å². The molecule has 5 aromatic carbocycles. The lowest BCUT2D eigenvalue weighted by molar-refractivity contribution is 0.365. The van der Waals surface area contributed by atoms with Crippen LogP contribution in [-0.4, -0.2) is 57.5 Å². The number of hydrogen-bond donors (Lipinski definition) is 0. The van der Waals surface area contributed by atoms with Gasteiger partial charge in [-0.3, -0.25) is 0 Å². The van der Waals surface area contributed by atoms with E-state index in [1.807, 2.05) is 0 Å². The molecule has 0 aliphatic heterocycles. The maximum absolute atomic E-state index is 2.82. The van der Waals surface area contributed by atoms with E-state index in [1.165, 1.54) is 224 Å². The lowest BCUT2D eigenvalue weighted by Gasteiger charge is -2.45. The molecule has 0 heterocycles. The molecule has 3 nitrogen and oxygen atoms in total. The highest BCUT2D eigenvalue weighted by Gasteiger charge is 2.52. The summed E-state index contributed by atoms with van der Waals surface area (Å²) in [6.07, 6.45) is 50.1. The SMILES string of the molecule is C.C.C.C.C.C.C1=C(CC2CCCCC2)c2ccccc2C1.CC(C)(C)C[Si](C)(C)C1C=C(CC2CCCCC2)c2ccccc21.CC(C)(C)C[Si](C)(C)C1C=C(CC2CCCCC2)c2ccccc21.C[Si](C)(C)Cc1cc2cc[cH-]cc-2c1.C[Si](C)CCC1=Cc2ccccc2C1[Si](C)(CC(C)(C)C)C1C=C(CC2CCCCC2)c2ccccc21.O.O.O. The zero-order valence-electron chi connectivity index (χ0n) is 77.9. The topological polar surface area (TPSA) is 94.5 Å². The molecule has 11 aliphatic carbocycles. The van der Waals surface area contributed by atoms with Crippen LogP contribution >= 0.6 is 0 Å². The molecule has 5 aromatic rings. The normalized spacial score (nSPS) is 19.7. The van der Waals surface area contributed by atoms with Crippen molar-refractivity contribution in [2.24, 2.45) is 39.9 Å². The summed E-state index contributed by atoms with van der Waals surface area (Å²) >= 11 is 0. The van der Waals surface area contributed by atoms with Crippen molar-refractivity contribution in [2.45, 2.75) is 392 Å². The van der Waals surface area contributed by atoms with Gasteiger partial charge in [0, 0.05) is 22.4 Å². The van der Waals surface area contributed by atoms with Crippen molar-refractivity contribution in [3.63, 3.8) is 0 Å². The van der Waals surface area contributed by atoms with Crippen LogP contribution in [0.1, 0.15) is 351 Å². The highest BCUT2D eigenvalue weighted by atomic mass is 28.3. The fraction of sp³-hybridized carbons (Fsp3) is 0.578. The monoisotopic (exact) mass is 1770 g/mol. The number of rotatable bonds is 20. The van der Waals surface area contributed by atoms with Gasteiger partial charge in [-0.2, -0.15) is 24.3 Å². The van der Waals surface area contributed by atoms with E-state index in [2.05, 4.69) is 316 Å². The van der Waals surface area contributed by atoms with Gasteiger partial charge < -0.3 is 16.4 Å². The van der Waals surface area contributed by atoms with Crippen LogP contribution in [0.25, 0.3) is 39.5 Å². The van der Waals surface area contributed by atoms with Crippen LogP contribution in [0.4, 0.5) is 0 Å². The smallest absolute Gasteiger partial charge is 0.0753 e. The highest BCUT2D eigenvalue weighted by molar-refractivity contribution is 6.83. The molecule has 6 N–H and O–H groups in total. The minimum Gasteiger partial charge on any atom is -0.412 e. The lowest BCUT2D eigenvalue weighted by Crippen LogP contribution is -2.47. The van der Waals surface area contributed by atoms with E-state index < -0.39 is 32.3 Å². The van der Waals surface area contributed by atoms with Gasteiger partial charge in [0.15, 0.2) is 0 Å². The maximum atomic E-state index is 2.82. The van der Waals surface area contributed by atoms with Gasteiger partial charge in [-0.15, -0.1) is 17.2 Å². The minimum atomic E-state index is -1.90. The Labute approximate surface area is 771 Å². The van der Waals surface area contributed by atoms with Gasteiger partial charge in [-0.25, -0.2) is 0 Å². The Hall–Kier alpha value is -5.41. The average Bonchev–Trinajstić information content (AvgIpc) is 1.56. The predicted molar refractivity (Wildman–Crippen MR) is 575 cm³/mol. The second kappa shape index (κ2) is 49.6. The predicted octanol–water partition coefficient (Wildman–Crippen LogP) is 35.4. The van der Waals surface area contributed by atoms with Crippen molar-refractivity contribution in [1.82, 2.24) is 0 Å². The third-order valence-electron chi connectivity index (χ3n) is 28.2. The summed E-state index contributed by atoms with van der Waals surface area (Å²) in [7, 11) is -5.78. The summed E-state index contributed by atoms with van der Waals surface area (Å²) in [6, 6.07) is 66.7. The second-order valence-corrected chi connectivity index (χ2v) is 68.0. The molecular weight excluding hydrogens is 1580 g/mol. The molecule has 124 heavy (non-hydrogen) atoms. The third kappa shape index (κ3) is 30.6. The molecule has 0 aromatic heterocycles. The van der Waals surface area contributed by atoms with Gasteiger partial charge in [0.05, 0.1) is 24.2 Å². The molecular formula is C116H188O3Si5-. The van der Waals surface area contributed by atoms with Crippen molar-refractivity contribution in [3.8, 4) is 11.1 Å². The van der Waals surface area contributed by atoms with Gasteiger partial charge in [0.25, 0.3) is 0 Å². The minimum absolute atomic E-state index is 0. The Morgan fingerprint density at radius 3 is 1.14 bits per heavy atom. The molecule has 0 spiro atoms. The summed E-state index contributed by atoms with van der Waals surface area (Å²) in [6.45, 7) is 47.4. The molecule has 0 saturated heterocycles. The molecule has 4 fully saturated rings. The molecule has 691 valence electrons. The van der Waals surface area contributed by atoms with Crippen LogP contribution in [0.15, 0.2) is 188 Å². The van der Waals surface area contributed by atoms with E-state index >= 15 is 0 Å². The molecule has 5 unspecified atom stereocenters. The van der Waals surface area contributed by atoms with Crippen LogP contribution in [0.2, 0.25) is 89.6 Å². The molecule has 0 amide bonds. The van der Waals surface area contributed by atoms with E-state index in [9.17, 15) is 0 Å². The summed E-state index contributed by atoms with van der Waals surface area (Å²) in [4.78, 5) is 0. The van der Waals surface area contributed by atoms with Crippen LogP contribution in [-0.2, 0) is 12.5 Å². The van der Waals surface area contributed by atoms with Crippen molar-refractivity contribution in [2.75, 3.05) is 0 Å². The second-order valence-electron chi connectivity index (χ2n) is 45.1. The van der Waals surface area contributed by atoms with Gasteiger partial charge >= 0.3 is 0 Å². The van der Waals surface area contributed by atoms with Crippen LogP contribution < -0.4 is 0 Å². The first-order valence-electron chi connectivity index (χ1n) is 47.1. The summed E-state index contributed by atoms with van der Waals surface area (Å²) in [5, 5.41) is 0. The average molecular weight is 1770 g/mol. The van der Waals surface area contributed by atoms with Gasteiger partial charge in [-0.1, -0.05) is 494 Å². The zero-order valence-corrected chi connectivity index (χ0v) is 82.9. The Morgan fingerprint density at radius 2 is 0.742 bits per heavy atom. The zero-order chi connectivity index (χ0) is 81.9. The fourth-order valence-electron chi connectivity index (χ4n) is 24.2. The number of allylic oxidation sites excluding steroid dienone is 9. The highest BCUT2D eigenvalue weighted by Crippen LogP contribution is 2.58. The van der Waals surface area contributed by atoms with Gasteiger partial charge in [-0.05, 0) is 179 Å². The van der Waals surface area contributed by atoms with Crippen LogP contribution in [0, 0.1) is 39.9 Å². The molecule has 16 rings (SSSR count). The van der Waals surface area contributed by atoms with Crippen molar-refractivity contribution < 1.29 is 16.4 Å². The van der Waals surface area contributed by atoms with Crippen LogP contribution in [0.5, 0.6) is 0 Å². The lowest BCUT2D eigenvalue weighted by atomic mass is 9.84. The van der Waals surface area contributed by atoms with E-state index in [4.69, 9.17) is 0 Å². The first-order valence-corrected chi connectivity index (χ1v) is 62.9. The Bertz CT molecular complexity index is 4280. The van der Waals surface area contributed by atoms with Crippen LogP contribution in [0.3, 0.4) is 0 Å². The van der Waals surface area contributed by atoms with Crippen molar-refractivity contribution >= 4 is 69.5 Å². The van der Waals surface area contributed by atoms with Gasteiger partial charge in [0.2, 0.25) is 0 Å². The number of benzene rings is 6. The number of hydrogen-bond acceptors (Lipinski definition) is 0. The standard InChI is InChI=1S/C35H49Si2.2C23H36Si.C16H20.C13H17Si.6CH4.3H2O/c1-35(2,3)25-37(6,34-28(20-21-36(4)5)23-27-16-10-11-18-31(27)34)33-24-29(22-26-14-8-7-9-15-26)30-17-12-13-19-32(30)33;2*1-23(2,3)17-24(4,5)22-16-19(15-18-11-7-6-8-12-18)20-13-9-10-14-21(20)22;1-2-6-13(7-3-1)12-15-11-10-14-8-4-5-9-16(14)15;1-14(2,3)10-11-8-12-6-4-5-7-13(12)9-11;;;;;;;;;/h10-13,16-19,23-24,26,33-34H,7-9,14-15,20-22,25H2,1-6H3;2*9-10,13-14,16,18,22H,6-8,11-12,15,17H2,1-5H3;4-5,8-9,11,13H,1-3,6-7,10,12H2;4-9H,10H2,1-3H3;6*1H4;3*1H2/q;;;;-1;;;;;;;;;. The fourth-order valence-corrected chi connectivity index (χ4v) is 42.5. The quantitative estimate of drug-likeness (QED) is 0.0537. The molecule has 0 bridgehead atoms.